The fourth-order valence-corrected chi connectivity index (χ4v) is 8.28. The van der Waals surface area contributed by atoms with Crippen molar-refractivity contribution in [2.24, 2.45) is 16.7 Å². The highest BCUT2D eigenvalue weighted by Gasteiger charge is 2.76. The molecule has 1 aliphatic heterocycles. The summed E-state index contributed by atoms with van der Waals surface area (Å²) in [6.45, 7) is 9.88. The highest BCUT2D eigenvalue weighted by atomic mass is 32.2. The van der Waals surface area contributed by atoms with E-state index in [0.29, 0.717) is 0 Å². The summed E-state index contributed by atoms with van der Waals surface area (Å²) in [5.74, 6) is -4.20. The van der Waals surface area contributed by atoms with Gasteiger partial charge in [-0.15, -0.1) is 11.8 Å². The maximum absolute atomic E-state index is 14.6. The number of amides is 1. The summed E-state index contributed by atoms with van der Waals surface area (Å²) in [7, 11) is 0. The lowest BCUT2D eigenvalue weighted by Crippen LogP contribution is -2.81. The topological polar surface area (TPSA) is 198 Å². The summed E-state index contributed by atoms with van der Waals surface area (Å²) in [6.07, 6.45) is -6.55. The lowest BCUT2D eigenvalue weighted by atomic mass is 9.44. The maximum Gasteiger partial charge on any atom is 0.337 e. The molecule has 13 nitrogen and oxygen atoms in total. The molecule has 44 heavy (non-hydrogen) atoms. The average Bonchev–Trinajstić information content (AvgIpc) is 2.91. The van der Waals surface area contributed by atoms with Crippen LogP contribution in [0.25, 0.3) is 0 Å². The van der Waals surface area contributed by atoms with Gasteiger partial charge in [0.05, 0.1) is 36.2 Å². The summed E-state index contributed by atoms with van der Waals surface area (Å²) in [5, 5.41) is 49.8. The number of aliphatic hydroxyl groups excluding tert-OH is 2. The van der Waals surface area contributed by atoms with Crippen molar-refractivity contribution in [3.63, 3.8) is 0 Å². The molecular weight excluding hydrogens is 598 g/mol. The molecule has 248 valence electrons. The zero-order chi connectivity index (χ0) is 33.2. The number of rotatable bonds is 8. The summed E-state index contributed by atoms with van der Waals surface area (Å²) >= 11 is 1.37. The van der Waals surface area contributed by atoms with E-state index in [1.807, 2.05) is 6.26 Å². The van der Waals surface area contributed by atoms with E-state index in [1.54, 1.807) is 27.7 Å². The summed E-state index contributed by atoms with van der Waals surface area (Å²) in [4.78, 5) is 51.9. The van der Waals surface area contributed by atoms with Crippen molar-refractivity contribution in [2.45, 2.75) is 115 Å². The summed E-state index contributed by atoms with van der Waals surface area (Å²) in [6, 6.07) is -1.01. The van der Waals surface area contributed by atoms with Gasteiger partial charge in [-0.05, 0) is 38.2 Å². The second kappa shape index (κ2) is 11.9. The molecule has 5 N–H and O–H groups in total. The predicted molar refractivity (Wildman–Crippen MR) is 156 cm³/mol. The van der Waals surface area contributed by atoms with E-state index >= 15 is 0 Å². The Balaban J connectivity index is 1.92. The fourth-order valence-electron chi connectivity index (χ4n) is 7.98. The SMILES string of the molecule is CSCOC1CC2OC[C@@]2(O)[C@H]2[C@H](OC(C)=O)[C@]3(O)CC(OC(=O)[C@H](O)C(C)NC(C)=O)C(C)=C([C@@H](O)C(=O)[C@]12C)C3(C)C. The number of Topliss-reactive ketones (excluding diaryl/α,β-unsaturated/α-hetero) is 1. The van der Waals surface area contributed by atoms with Gasteiger partial charge in [-0.1, -0.05) is 13.8 Å². The number of fused-ring (bicyclic) bond motifs is 5. The zero-order valence-electron chi connectivity index (χ0n) is 26.4. The molecule has 0 radical (unpaired) electrons. The van der Waals surface area contributed by atoms with E-state index in [4.69, 9.17) is 18.9 Å². The van der Waals surface area contributed by atoms with Crippen molar-refractivity contribution < 1.29 is 58.6 Å². The molecule has 1 amide bonds. The van der Waals surface area contributed by atoms with Crippen LogP contribution in [0, 0.1) is 16.7 Å². The lowest BCUT2D eigenvalue weighted by molar-refractivity contribution is -0.347. The van der Waals surface area contributed by atoms with E-state index in [-0.39, 0.29) is 36.5 Å². The van der Waals surface area contributed by atoms with E-state index in [9.17, 15) is 39.6 Å². The number of ether oxygens (including phenoxy) is 4. The normalized spacial score (nSPS) is 40.7. The Labute approximate surface area is 261 Å². The van der Waals surface area contributed by atoms with Crippen LogP contribution in [0.5, 0.6) is 0 Å². The molecule has 4 rings (SSSR count). The molecule has 0 spiro atoms. The Morgan fingerprint density at radius 2 is 1.80 bits per heavy atom. The third-order valence-electron chi connectivity index (χ3n) is 10.4. The molecule has 14 heteroatoms. The molecule has 4 unspecified atom stereocenters. The van der Waals surface area contributed by atoms with Gasteiger partial charge in [0.2, 0.25) is 5.91 Å². The van der Waals surface area contributed by atoms with Crippen LogP contribution in [0.4, 0.5) is 0 Å². The second-order valence-electron chi connectivity index (χ2n) is 13.4. The first kappa shape index (κ1) is 34.8. The Kier molecular flexibility index (Phi) is 9.44. The number of carbonyl (C=O) groups is 4. The Bertz CT molecular complexity index is 1240. The van der Waals surface area contributed by atoms with Gasteiger partial charge in [0, 0.05) is 38.0 Å². The monoisotopic (exact) mass is 643 g/mol. The van der Waals surface area contributed by atoms with Gasteiger partial charge < -0.3 is 44.7 Å². The van der Waals surface area contributed by atoms with Crippen molar-refractivity contribution in [1.29, 1.82) is 0 Å². The first-order chi connectivity index (χ1) is 20.3. The fraction of sp³-hybridized carbons (Fsp3) is 0.800. The summed E-state index contributed by atoms with van der Waals surface area (Å²) in [5.41, 5.74) is -6.64. The lowest BCUT2D eigenvalue weighted by Gasteiger charge is -2.67. The van der Waals surface area contributed by atoms with E-state index in [2.05, 4.69) is 5.32 Å². The molecule has 4 aliphatic rings. The van der Waals surface area contributed by atoms with Crippen molar-refractivity contribution in [2.75, 3.05) is 18.8 Å². The molecule has 2 saturated carbocycles. The largest absolute Gasteiger partial charge is 0.459 e. The predicted octanol–water partition coefficient (Wildman–Crippen LogP) is -0.00170. The zero-order valence-corrected chi connectivity index (χ0v) is 27.2. The maximum atomic E-state index is 14.6. The van der Waals surface area contributed by atoms with Crippen LogP contribution in [0.2, 0.25) is 0 Å². The molecule has 3 aliphatic carbocycles. The quantitative estimate of drug-likeness (QED) is 0.135. The number of ketones is 1. The molecule has 0 aromatic rings. The smallest absolute Gasteiger partial charge is 0.337 e. The Hall–Kier alpha value is -2.07. The third kappa shape index (κ3) is 5.19. The molecule has 1 heterocycles. The van der Waals surface area contributed by atoms with Gasteiger partial charge in [-0.2, -0.15) is 0 Å². The minimum Gasteiger partial charge on any atom is -0.459 e. The Morgan fingerprint density at radius 3 is 2.32 bits per heavy atom. The highest BCUT2D eigenvalue weighted by Crippen LogP contribution is 2.63. The van der Waals surface area contributed by atoms with Gasteiger partial charge in [-0.3, -0.25) is 14.4 Å². The first-order valence-electron chi connectivity index (χ1n) is 14.7. The second-order valence-corrected chi connectivity index (χ2v) is 14.2. The minimum absolute atomic E-state index is 0.0675. The van der Waals surface area contributed by atoms with Gasteiger partial charge in [0.25, 0.3) is 0 Å². The van der Waals surface area contributed by atoms with Crippen LogP contribution in [0.1, 0.15) is 61.3 Å². The van der Waals surface area contributed by atoms with Crippen molar-refractivity contribution >= 4 is 35.4 Å². The van der Waals surface area contributed by atoms with Gasteiger partial charge >= 0.3 is 11.9 Å². The number of esters is 2. The molecule has 1 saturated heterocycles. The number of aliphatic hydroxyl groups is 4. The van der Waals surface area contributed by atoms with Gasteiger partial charge in [0.15, 0.2) is 11.9 Å². The van der Waals surface area contributed by atoms with Crippen molar-refractivity contribution in [3.05, 3.63) is 11.1 Å². The van der Waals surface area contributed by atoms with Crippen LogP contribution < -0.4 is 5.32 Å². The highest BCUT2D eigenvalue weighted by molar-refractivity contribution is 7.98. The van der Waals surface area contributed by atoms with Gasteiger partial charge in [0.1, 0.15) is 29.5 Å². The number of carbonyl (C=O) groups excluding carboxylic acids is 4. The number of hydrogen-bond donors (Lipinski definition) is 5. The molecule has 0 aromatic carbocycles. The third-order valence-corrected chi connectivity index (χ3v) is 10.8. The Morgan fingerprint density at radius 1 is 1.16 bits per heavy atom. The van der Waals surface area contributed by atoms with Crippen LogP contribution in [-0.2, 0) is 38.1 Å². The first-order valence-corrected chi connectivity index (χ1v) is 16.1. The van der Waals surface area contributed by atoms with Crippen LogP contribution >= 0.6 is 11.8 Å². The standard InChI is InChI=1S/C30H45NO12S/c1-13-17(43-26(37)21(34)14(2)31-15(3)32)10-30(39)25(42-16(4)33)23-28(7,24(36)22(35)20(13)27(30,5)6)18(41-12-44-8)9-19-29(23,38)11-40-19/h14,17-19,21-23,25,34-35,38-39H,9-12H2,1-8H3,(H,31,32)/t14?,17?,18?,19?,21-,22-,23+,25+,28-,29+,30-/m1/s1. The van der Waals surface area contributed by atoms with Gasteiger partial charge in [-0.25, -0.2) is 4.79 Å². The van der Waals surface area contributed by atoms with E-state index in [1.165, 1.54) is 25.6 Å². The van der Waals surface area contributed by atoms with Crippen LogP contribution in [0.15, 0.2) is 11.1 Å². The molecule has 2 bridgehead atoms. The number of nitrogens with one attached hydrogen (secondary N) is 1. The number of hydrogen-bond acceptors (Lipinski definition) is 13. The van der Waals surface area contributed by atoms with Crippen LogP contribution in [-0.4, -0.2) is 117 Å². The number of thioether (sulfide) groups is 1. The van der Waals surface area contributed by atoms with Crippen molar-refractivity contribution in [1.82, 2.24) is 5.32 Å². The van der Waals surface area contributed by atoms with E-state index < -0.39 is 94.2 Å². The summed E-state index contributed by atoms with van der Waals surface area (Å²) < 4.78 is 23.4. The molecule has 11 atom stereocenters. The van der Waals surface area contributed by atoms with E-state index in [0.717, 1.165) is 6.92 Å². The minimum atomic E-state index is -2.13. The molecular formula is C30H45NO12S. The van der Waals surface area contributed by atoms with Crippen LogP contribution in [0.3, 0.4) is 0 Å². The molecule has 3 fully saturated rings. The molecule has 0 aromatic heterocycles. The van der Waals surface area contributed by atoms with Crippen molar-refractivity contribution in [3.8, 4) is 0 Å². The average molecular weight is 644 g/mol.